The number of likely N-dealkylation sites (tertiary alicyclic amines) is 1. The predicted octanol–water partition coefficient (Wildman–Crippen LogP) is 3.03. The van der Waals surface area contributed by atoms with Crippen molar-refractivity contribution in [1.29, 1.82) is 0 Å². The highest BCUT2D eigenvalue weighted by atomic mass is 16.5. The Morgan fingerprint density at radius 3 is 2.62 bits per heavy atom. The van der Waals surface area contributed by atoms with Crippen LogP contribution in [0.4, 0.5) is 0 Å². The van der Waals surface area contributed by atoms with Crippen LogP contribution in [0.25, 0.3) is 11.6 Å². The Bertz CT molecular complexity index is 583. The van der Waals surface area contributed by atoms with Gasteiger partial charge in [0.1, 0.15) is 5.69 Å². The third kappa shape index (κ3) is 3.13. The molecule has 0 saturated carbocycles. The second-order valence-corrected chi connectivity index (χ2v) is 6.08. The molecule has 5 nitrogen and oxygen atoms in total. The first-order chi connectivity index (χ1) is 10.1. The Morgan fingerprint density at radius 1 is 1.24 bits per heavy atom. The molecule has 21 heavy (non-hydrogen) atoms. The molecule has 1 saturated heterocycles. The molecule has 2 aromatic heterocycles. The van der Waals surface area contributed by atoms with E-state index in [1.807, 2.05) is 25.3 Å². The molecule has 3 rings (SSSR count). The molecule has 0 bridgehead atoms. The Hall–Kier alpha value is -1.75. The van der Waals surface area contributed by atoms with Crippen molar-refractivity contribution in [2.75, 3.05) is 13.1 Å². The molecule has 112 valence electrons. The number of rotatable bonds is 3. The Kier molecular flexibility index (Phi) is 4.01. The van der Waals surface area contributed by atoms with E-state index in [0.717, 1.165) is 43.0 Å². The van der Waals surface area contributed by atoms with Crippen LogP contribution in [-0.4, -0.2) is 39.2 Å². The van der Waals surface area contributed by atoms with Crippen molar-refractivity contribution in [2.45, 2.75) is 45.6 Å². The summed E-state index contributed by atoms with van der Waals surface area (Å²) in [5.74, 6) is 1.76. The number of pyridine rings is 1. The van der Waals surface area contributed by atoms with E-state index in [0.29, 0.717) is 17.9 Å². The van der Waals surface area contributed by atoms with Crippen LogP contribution in [0.15, 0.2) is 22.9 Å². The molecule has 1 aliphatic heterocycles. The molecular weight excluding hydrogens is 264 g/mol. The summed E-state index contributed by atoms with van der Waals surface area (Å²) in [6.45, 7) is 8.72. The summed E-state index contributed by atoms with van der Waals surface area (Å²) in [6.07, 6.45) is 4.01. The van der Waals surface area contributed by atoms with Crippen LogP contribution in [0.2, 0.25) is 0 Å². The molecule has 1 fully saturated rings. The second kappa shape index (κ2) is 5.93. The predicted molar refractivity (Wildman–Crippen MR) is 81.0 cm³/mol. The summed E-state index contributed by atoms with van der Waals surface area (Å²) in [5, 5.41) is 4.16. The van der Waals surface area contributed by atoms with E-state index in [1.54, 1.807) is 0 Å². The highest BCUT2D eigenvalue weighted by Gasteiger charge is 2.25. The van der Waals surface area contributed by atoms with Crippen molar-refractivity contribution in [3.8, 4) is 11.6 Å². The average molecular weight is 286 g/mol. The van der Waals surface area contributed by atoms with Crippen LogP contribution in [0.1, 0.15) is 44.0 Å². The standard InChI is InChI=1S/C16H22N4O/c1-11(2)20-8-6-13(7-9-20)15-18-16(21-19-15)14-5-4-12(3)10-17-14/h4-5,10-11,13H,6-9H2,1-3H3. The quantitative estimate of drug-likeness (QED) is 0.868. The van der Waals surface area contributed by atoms with E-state index in [-0.39, 0.29) is 0 Å². The lowest BCUT2D eigenvalue weighted by atomic mass is 9.95. The fourth-order valence-electron chi connectivity index (χ4n) is 2.77. The first-order valence-corrected chi connectivity index (χ1v) is 7.64. The second-order valence-electron chi connectivity index (χ2n) is 6.08. The van der Waals surface area contributed by atoms with E-state index in [9.17, 15) is 0 Å². The molecule has 0 unspecified atom stereocenters. The van der Waals surface area contributed by atoms with Crippen molar-refractivity contribution in [3.05, 3.63) is 29.7 Å². The van der Waals surface area contributed by atoms with Crippen LogP contribution in [-0.2, 0) is 0 Å². The van der Waals surface area contributed by atoms with Gasteiger partial charge in [-0.1, -0.05) is 11.2 Å². The number of piperidine rings is 1. The van der Waals surface area contributed by atoms with Crippen LogP contribution in [0, 0.1) is 6.92 Å². The molecule has 0 spiro atoms. The van der Waals surface area contributed by atoms with Crippen molar-refractivity contribution in [3.63, 3.8) is 0 Å². The molecule has 3 heterocycles. The Balaban J connectivity index is 1.70. The molecule has 0 radical (unpaired) electrons. The summed E-state index contributed by atoms with van der Waals surface area (Å²) in [4.78, 5) is 11.4. The molecule has 0 atom stereocenters. The maximum Gasteiger partial charge on any atom is 0.276 e. The zero-order valence-electron chi connectivity index (χ0n) is 12.9. The number of hydrogen-bond acceptors (Lipinski definition) is 5. The monoisotopic (exact) mass is 286 g/mol. The van der Waals surface area contributed by atoms with Crippen molar-refractivity contribution >= 4 is 0 Å². The normalized spacial score (nSPS) is 17.5. The highest BCUT2D eigenvalue weighted by molar-refractivity contribution is 5.46. The summed E-state index contributed by atoms with van der Waals surface area (Å²) >= 11 is 0. The molecule has 0 N–H and O–H groups in total. The van der Waals surface area contributed by atoms with E-state index < -0.39 is 0 Å². The van der Waals surface area contributed by atoms with Gasteiger partial charge in [-0.05, 0) is 58.3 Å². The zero-order valence-corrected chi connectivity index (χ0v) is 12.9. The number of aromatic nitrogens is 3. The maximum atomic E-state index is 5.38. The third-order valence-electron chi connectivity index (χ3n) is 4.20. The summed E-state index contributed by atoms with van der Waals surface area (Å²) in [6, 6.07) is 4.55. The first kappa shape index (κ1) is 14.2. The highest BCUT2D eigenvalue weighted by Crippen LogP contribution is 2.28. The third-order valence-corrected chi connectivity index (χ3v) is 4.20. The van der Waals surface area contributed by atoms with Crippen molar-refractivity contribution in [1.82, 2.24) is 20.0 Å². The van der Waals surface area contributed by atoms with Gasteiger partial charge >= 0.3 is 0 Å². The van der Waals surface area contributed by atoms with Gasteiger partial charge in [-0.3, -0.25) is 4.98 Å². The maximum absolute atomic E-state index is 5.38. The largest absolute Gasteiger partial charge is 0.332 e. The molecule has 0 aromatic carbocycles. The SMILES string of the molecule is Cc1ccc(-c2nc(C3CCN(C(C)C)CC3)no2)nc1. The fourth-order valence-corrected chi connectivity index (χ4v) is 2.77. The molecule has 0 amide bonds. The van der Waals surface area contributed by atoms with Gasteiger partial charge in [0.2, 0.25) is 0 Å². The zero-order chi connectivity index (χ0) is 14.8. The molecule has 2 aromatic rings. The van der Waals surface area contributed by atoms with E-state index in [4.69, 9.17) is 4.52 Å². The molecule has 1 aliphatic rings. The van der Waals surface area contributed by atoms with E-state index >= 15 is 0 Å². The van der Waals surface area contributed by atoms with Gasteiger partial charge in [-0.15, -0.1) is 0 Å². The van der Waals surface area contributed by atoms with Crippen molar-refractivity contribution < 1.29 is 4.52 Å². The molecule has 0 aliphatic carbocycles. The van der Waals surface area contributed by atoms with Gasteiger partial charge in [0.05, 0.1) is 0 Å². The van der Waals surface area contributed by atoms with Crippen LogP contribution >= 0.6 is 0 Å². The van der Waals surface area contributed by atoms with Crippen LogP contribution in [0.3, 0.4) is 0 Å². The number of nitrogens with zero attached hydrogens (tertiary/aromatic N) is 4. The smallest absolute Gasteiger partial charge is 0.276 e. The minimum atomic E-state index is 0.406. The fraction of sp³-hybridized carbons (Fsp3) is 0.562. The summed E-state index contributed by atoms with van der Waals surface area (Å²) in [5.41, 5.74) is 1.87. The molecular formula is C16H22N4O. The van der Waals surface area contributed by atoms with Gasteiger partial charge in [0.15, 0.2) is 5.82 Å². The summed E-state index contributed by atoms with van der Waals surface area (Å²) in [7, 11) is 0. The van der Waals surface area contributed by atoms with E-state index in [2.05, 4.69) is 33.9 Å². The lowest BCUT2D eigenvalue weighted by molar-refractivity contribution is 0.168. The lowest BCUT2D eigenvalue weighted by Gasteiger charge is -2.33. The minimum absolute atomic E-state index is 0.406. The van der Waals surface area contributed by atoms with Crippen LogP contribution in [0.5, 0.6) is 0 Å². The average Bonchev–Trinajstić information content (AvgIpc) is 2.98. The van der Waals surface area contributed by atoms with Gasteiger partial charge in [-0.25, -0.2) is 0 Å². The minimum Gasteiger partial charge on any atom is -0.332 e. The van der Waals surface area contributed by atoms with Gasteiger partial charge in [-0.2, -0.15) is 4.98 Å². The number of aryl methyl sites for hydroxylation is 1. The lowest BCUT2D eigenvalue weighted by Crippen LogP contribution is -2.38. The van der Waals surface area contributed by atoms with Crippen LogP contribution < -0.4 is 0 Å². The first-order valence-electron chi connectivity index (χ1n) is 7.64. The Morgan fingerprint density at radius 2 is 2.00 bits per heavy atom. The Labute approximate surface area is 125 Å². The number of hydrogen-bond donors (Lipinski definition) is 0. The van der Waals surface area contributed by atoms with Crippen molar-refractivity contribution in [2.24, 2.45) is 0 Å². The van der Waals surface area contributed by atoms with E-state index in [1.165, 1.54) is 0 Å². The van der Waals surface area contributed by atoms with Gasteiger partial charge < -0.3 is 9.42 Å². The van der Waals surface area contributed by atoms with Gasteiger partial charge in [0.25, 0.3) is 5.89 Å². The summed E-state index contributed by atoms with van der Waals surface area (Å²) < 4.78 is 5.38. The topological polar surface area (TPSA) is 55.1 Å². The van der Waals surface area contributed by atoms with Gasteiger partial charge in [0, 0.05) is 18.2 Å². The molecule has 5 heteroatoms.